The van der Waals surface area contributed by atoms with Crippen LogP contribution in [0.1, 0.15) is 23.2 Å². The molecule has 0 aliphatic heterocycles. The average molecular weight is 295 g/mol. The van der Waals surface area contributed by atoms with Crippen molar-refractivity contribution in [3.05, 3.63) is 23.8 Å². The number of aliphatic hydroxyl groups is 2. The van der Waals surface area contributed by atoms with Crippen LogP contribution >= 0.6 is 0 Å². The summed E-state index contributed by atoms with van der Waals surface area (Å²) in [5.41, 5.74) is 0.467. The maximum absolute atomic E-state index is 12.2. The summed E-state index contributed by atoms with van der Waals surface area (Å²) in [5, 5.41) is 21.7. The molecule has 0 radical (unpaired) electrons. The Kier molecular flexibility index (Phi) is 5.03. The third-order valence-electron chi connectivity index (χ3n) is 3.87. The second-order valence-corrected chi connectivity index (χ2v) is 5.22. The van der Waals surface area contributed by atoms with Gasteiger partial charge in [0.15, 0.2) is 11.5 Å². The first-order chi connectivity index (χ1) is 10.1. The Morgan fingerprint density at radius 3 is 2.57 bits per heavy atom. The molecule has 0 bridgehead atoms. The van der Waals surface area contributed by atoms with E-state index in [2.05, 4.69) is 5.32 Å². The number of benzene rings is 1. The molecular formula is C15H21NO5. The molecule has 6 nitrogen and oxygen atoms in total. The van der Waals surface area contributed by atoms with Gasteiger partial charge in [0.25, 0.3) is 5.91 Å². The van der Waals surface area contributed by atoms with E-state index in [4.69, 9.17) is 14.6 Å². The lowest BCUT2D eigenvalue weighted by Crippen LogP contribution is -2.33. The summed E-state index contributed by atoms with van der Waals surface area (Å²) < 4.78 is 10.3. The van der Waals surface area contributed by atoms with Gasteiger partial charge in [-0.25, -0.2) is 0 Å². The summed E-state index contributed by atoms with van der Waals surface area (Å²) >= 11 is 0. The van der Waals surface area contributed by atoms with Gasteiger partial charge >= 0.3 is 0 Å². The molecule has 1 fully saturated rings. The monoisotopic (exact) mass is 295 g/mol. The summed E-state index contributed by atoms with van der Waals surface area (Å²) in [4.78, 5) is 12.2. The molecule has 1 saturated carbocycles. The minimum atomic E-state index is -0.564. The highest BCUT2D eigenvalue weighted by atomic mass is 16.5. The largest absolute Gasteiger partial charge is 0.493 e. The number of amides is 1. The minimum Gasteiger partial charge on any atom is -0.493 e. The molecule has 21 heavy (non-hydrogen) atoms. The molecule has 3 N–H and O–H groups in total. The van der Waals surface area contributed by atoms with Crippen LogP contribution in [-0.4, -0.2) is 49.1 Å². The first kappa shape index (κ1) is 15.6. The highest BCUT2D eigenvalue weighted by Crippen LogP contribution is 2.29. The van der Waals surface area contributed by atoms with Crippen molar-refractivity contribution >= 4 is 5.91 Å². The summed E-state index contributed by atoms with van der Waals surface area (Å²) in [7, 11) is 3.05. The molecule has 0 saturated heterocycles. The fraction of sp³-hybridized carbons (Fsp3) is 0.533. The van der Waals surface area contributed by atoms with Crippen LogP contribution < -0.4 is 14.8 Å². The molecule has 1 amide bonds. The lowest BCUT2D eigenvalue weighted by Gasteiger charge is -2.14. The predicted molar refractivity (Wildman–Crippen MR) is 76.6 cm³/mol. The Balaban J connectivity index is 2.04. The van der Waals surface area contributed by atoms with Gasteiger partial charge in [-0.1, -0.05) is 0 Å². The number of aliphatic hydroxyl groups excluding tert-OH is 2. The molecule has 1 aromatic carbocycles. The number of nitrogens with one attached hydrogen (secondary N) is 1. The molecule has 6 heteroatoms. The second kappa shape index (κ2) is 6.78. The van der Waals surface area contributed by atoms with Crippen molar-refractivity contribution < 1.29 is 24.5 Å². The molecule has 3 atom stereocenters. The first-order valence-electron chi connectivity index (χ1n) is 6.90. The number of methoxy groups -OCH3 is 2. The van der Waals surface area contributed by atoms with E-state index in [0.717, 1.165) is 0 Å². The van der Waals surface area contributed by atoms with Gasteiger partial charge in [-0.2, -0.15) is 0 Å². The van der Waals surface area contributed by atoms with Gasteiger partial charge < -0.3 is 25.0 Å². The van der Waals surface area contributed by atoms with Crippen LogP contribution in [0.15, 0.2) is 18.2 Å². The highest BCUT2D eigenvalue weighted by molar-refractivity contribution is 5.95. The highest BCUT2D eigenvalue weighted by Gasteiger charge is 2.33. The normalized spacial score (nSPS) is 24.7. The van der Waals surface area contributed by atoms with Crippen LogP contribution in [0.25, 0.3) is 0 Å². The van der Waals surface area contributed by atoms with Gasteiger partial charge in [-0.15, -0.1) is 0 Å². The Labute approximate surface area is 123 Å². The number of carbonyl (C=O) groups excluding carboxylic acids is 1. The second-order valence-electron chi connectivity index (χ2n) is 5.22. The fourth-order valence-corrected chi connectivity index (χ4v) is 2.66. The standard InChI is InChI=1S/C15H21NO5/c1-20-13-4-3-9(6-14(13)21-2)15(19)16-11-5-10(8-17)12(18)7-11/h3-4,6,10-12,17-18H,5,7-8H2,1-2H3,(H,16,19)/t10-,11+,12-/m1/s1. The van der Waals surface area contributed by atoms with Crippen molar-refractivity contribution in [3.8, 4) is 11.5 Å². The molecule has 1 aliphatic rings. The van der Waals surface area contributed by atoms with Crippen LogP contribution in [0.2, 0.25) is 0 Å². The predicted octanol–water partition coefficient (Wildman–Crippen LogP) is 0.565. The summed E-state index contributed by atoms with van der Waals surface area (Å²) in [6, 6.07) is 4.82. The van der Waals surface area contributed by atoms with Gasteiger partial charge in [0.1, 0.15) is 0 Å². The van der Waals surface area contributed by atoms with E-state index in [1.807, 2.05) is 0 Å². The first-order valence-corrected chi connectivity index (χ1v) is 6.90. The lowest BCUT2D eigenvalue weighted by atomic mass is 10.1. The third kappa shape index (κ3) is 3.46. The van der Waals surface area contributed by atoms with E-state index in [1.54, 1.807) is 18.2 Å². The van der Waals surface area contributed by atoms with Crippen LogP contribution in [0.3, 0.4) is 0 Å². The molecule has 0 heterocycles. The van der Waals surface area contributed by atoms with Crippen LogP contribution in [0, 0.1) is 5.92 Å². The molecule has 2 rings (SSSR count). The molecule has 1 aromatic rings. The Hall–Kier alpha value is -1.79. The topological polar surface area (TPSA) is 88.0 Å². The van der Waals surface area contributed by atoms with Crippen molar-refractivity contribution in [3.63, 3.8) is 0 Å². The van der Waals surface area contributed by atoms with Gasteiger partial charge in [0.2, 0.25) is 0 Å². The maximum atomic E-state index is 12.2. The number of rotatable bonds is 5. The van der Waals surface area contributed by atoms with Crippen LogP contribution in [0.5, 0.6) is 11.5 Å². The van der Waals surface area contributed by atoms with E-state index in [9.17, 15) is 9.90 Å². The van der Waals surface area contributed by atoms with E-state index in [0.29, 0.717) is 29.9 Å². The van der Waals surface area contributed by atoms with E-state index < -0.39 is 6.10 Å². The fourth-order valence-electron chi connectivity index (χ4n) is 2.66. The summed E-state index contributed by atoms with van der Waals surface area (Å²) in [5.74, 6) is 0.656. The van der Waals surface area contributed by atoms with Crippen molar-refractivity contribution in [2.75, 3.05) is 20.8 Å². The van der Waals surface area contributed by atoms with E-state index in [1.165, 1.54) is 14.2 Å². The van der Waals surface area contributed by atoms with Gasteiger partial charge in [-0.05, 0) is 31.0 Å². The van der Waals surface area contributed by atoms with Crippen molar-refractivity contribution in [1.29, 1.82) is 0 Å². The average Bonchev–Trinajstić information content (AvgIpc) is 2.86. The molecule has 116 valence electrons. The zero-order valence-electron chi connectivity index (χ0n) is 12.2. The van der Waals surface area contributed by atoms with E-state index >= 15 is 0 Å². The summed E-state index contributed by atoms with van der Waals surface area (Å²) in [6.45, 7) is -0.0656. The van der Waals surface area contributed by atoms with Crippen molar-refractivity contribution in [1.82, 2.24) is 5.32 Å². The molecule has 0 spiro atoms. The lowest BCUT2D eigenvalue weighted by molar-refractivity contribution is 0.0903. The van der Waals surface area contributed by atoms with Crippen LogP contribution in [-0.2, 0) is 0 Å². The van der Waals surface area contributed by atoms with Gasteiger partial charge in [0, 0.05) is 24.1 Å². The Morgan fingerprint density at radius 2 is 2.00 bits per heavy atom. The quantitative estimate of drug-likeness (QED) is 0.739. The smallest absolute Gasteiger partial charge is 0.251 e. The minimum absolute atomic E-state index is 0.0656. The number of hydrogen-bond acceptors (Lipinski definition) is 5. The Bertz CT molecular complexity index is 505. The SMILES string of the molecule is COc1ccc(C(=O)N[C@H]2C[C@H](CO)[C@H](O)C2)cc1OC. The third-order valence-corrected chi connectivity index (χ3v) is 3.87. The zero-order valence-corrected chi connectivity index (χ0v) is 12.2. The molecule has 0 unspecified atom stereocenters. The molecular weight excluding hydrogens is 274 g/mol. The number of ether oxygens (including phenoxy) is 2. The van der Waals surface area contributed by atoms with Crippen molar-refractivity contribution in [2.45, 2.75) is 25.0 Å². The van der Waals surface area contributed by atoms with Crippen LogP contribution in [0.4, 0.5) is 0 Å². The molecule has 0 aromatic heterocycles. The van der Waals surface area contributed by atoms with E-state index in [-0.39, 0.29) is 24.5 Å². The molecule has 1 aliphatic carbocycles. The van der Waals surface area contributed by atoms with Crippen molar-refractivity contribution in [2.24, 2.45) is 5.92 Å². The van der Waals surface area contributed by atoms with Gasteiger partial charge in [-0.3, -0.25) is 4.79 Å². The summed E-state index contributed by atoms with van der Waals surface area (Å²) in [6.07, 6.45) is 0.478. The Morgan fingerprint density at radius 1 is 1.29 bits per heavy atom. The number of hydrogen-bond donors (Lipinski definition) is 3. The number of carbonyl (C=O) groups is 1. The maximum Gasteiger partial charge on any atom is 0.251 e. The zero-order chi connectivity index (χ0) is 15.4. The van der Waals surface area contributed by atoms with Gasteiger partial charge in [0.05, 0.1) is 20.3 Å².